The molecule has 0 N–H and O–H groups in total. The fourth-order valence-electron chi connectivity index (χ4n) is 1.57. The van der Waals surface area contributed by atoms with E-state index in [9.17, 15) is 16.8 Å². The molecule has 0 amide bonds. The van der Waals surface area contributed by atoms with E-state index in [1.807, 2.05) is 0 Å². The third-order valence-corrected chi connectivity index (χ3v) is 5.87. The van der Waals surface area contributed by atoms with E-state index in [1.54, 1.807) is 0 Å². The molecule has 0 heterocycles. The van der Waals surface area contributed by atoms with E-state index >= 15 is 0 Å². The van der Waals surface area contributed by atoms with Gasteiger partial charge in [0, 0.05) is 30.9 Å². The Kier molecular flexibility index (Phi) is 6.36. The first-order chi connectivity index (χ1) is 9.73. The van der Waals surface area contributed by atoms with Crippen molar-refractivity contribution in [2.24, 2.45) is 0 Å². The summed E-state index contributed by atoms with van der Waals surface area (Å²) in [4.78, 5) is -0.181. The zero-order valence-electron chi connectivity index (χ0n) is 11.4. The molecule has 0 aliphatic heterocycles. The molecule has 118 valence electrons. The standard InChI is InChI=1S/C12H16ClNO5S2/c1-3-8-14(9-10-19-2)21(17,18)12-6-4-11(5-7-12)20(13,15)16/h3-7H,1,8-10H2,2H3. The van der Waals surface area contributed by atoms with E-state index in [0.29, 0.717) is 0 Å². The average Bonchev–Trinajstić information content (AvgIpc) is 2.42. The van der Waals surface area contributed by atoms with E-state index in [0.717, 1.165) is 12.1 Å². The highest BCUT2D eigenvalue weighted by atomic mass is 35.7. The third kappa shape index (κ3) is 4.79. The van der Waals surface area contributed by atoms with Gasteiger partial charge in [-0.2, -0.15) is 4.31 Å². The lowest BCUT2D eigenvalue weighted by Crippen LogP contribution is -2.34. The van der Waals surface area contributed by atoms with Crippen molar-refractivity contribution in [2.45, 2.75) is 9.79 Å². The molecule has 0 aliphatic carbocycles. The quantitative estimate of drug-likeness (QED) is 0.521. The van der Waals surface area contributed by atoms with Gasteiger partial charge in [0.25, 0.3) is 9.05 Å². The molecule has 0 bridgehead atoms. The zero-order chi connectivity index (χ0) is 16.1. The summed E-state index contributed by atoms with van der Waals surface area (Å²) in [6, 6.07) is 4.70. The zero-order valence-corrected chi connectivity index (χ0v) is 13.8. The summed E-state index contributed by atoms with van der Waals surface area (Å²) >= 11 is 0. The Bertz CT molecular complexity index is 683. The molecule has 0 radical (unpaired) electrons. The summed E-state index contributed by atoms with van der Waals surface area (Å²) in [5, 5.41) is 0. The maximum atomic E-state index is 12.4. The second kappa shape index (κ2) is 7.37. The predicted molar refractivity (Wildman–Crippen MR) is 80.3 cm³/mol. The molecule has 0 spiro atoms. The number of benzene rings is 1. The van der Waals surface area contributed by atoms with Crippen LogP contribution in [0.2, 0.25) is 0 Å². The molecule has 6 nitrogen and oxygen atoms in total. The number of ether oxygens (including phenoxy) is 1. The van der Waals surface area contributed by atoms with Gasteiger partial charge in [-0.25, -0.2) is 16.8 Å². The van der Waals surface area contributed by atoms with E-state index in [1.165, 1.54) is 29.6 Å². The van der Waals surface area contributed by atoms with Crippen LogP contribution in [0.3, 0.4) is 0 Å². The number of hydrogen-bond donors (Lipinski definition) is 0. The fraction of sp³-hybridized carbons (Fsp3) is 0.333. The Balaban J connectivity index is 3.13. The highest BCUT2D eigenvalue weighted by molar-refractivity contribution is 8.13. The fourth-order valence-corrected chi connectivity index (χ4v) is 3.73. The molecular weight excluding hydrogens is 338 g/mol. The van der Waals surface area contributed by atoms with E-state index in [-0.39, 0.29) is 29.5 Å². The molecule has 0 saturated heterocycles. The molecule has 0 unspecified atom stereocenters. The molecule has 9 heteroatoms. The molecule has 0 saturated carbocycles. The monoisotopic (exact) mass is 353 g/mol. The summed E-state index contributed by atoms with van der Waals surface area (Å²) in [6.45, 7) is 4.05. The topological polar surface area (TPSA) is 80.8 Å². The van der Waals surface area contributed by atoms with Gasteiger partial charge >= 0.3 is 0 Å². The lowest BCUT2D eigenvalue weighted by Gasteiger charge is -2.20. The van der Waals surface area contributed by atoms with E-state index in [4.69, 9.17) is 15.4 Å². The van der Waals surface area contributed by atoms with Crippen LogP contribution in [0.25, 0.3) is 0 Å². The Morgan fingerprint density at radius 3 is 2.14 bits per heavy atom. The van der Waals surface area contributed by atoms with Gasteiger partial charge in [-0.3, -0.25) is 0 Å². The summed E-state index contributed by atoms with van der Waals surface area (Å²) in [7, 11) is -0.976. The second-order valence-corrected chi connectivity index (χ2v) is 8.56. The van der Waals surface area contributed by atoms with Crippen molar-refractivity contribution in [3.05, 3.63) is 36.9 Å². The van der Waals surface area contributed by atoms with Crippen LogP contribution in [0.1, 0.15) is 0 Å². The average molecular weight is 354 g/mol. The smallest absolute Gasteiger partial charge is 0.261 e. The van der Waals surface area contributed by atoms with Gasteiger partial charge < -0.3 is 4.74 Å². The molecule has 0 aromatic heterocycles. The Labute approximate surface area is 129 Å². The van der Waals surface area contributed by atoms with Crippen LogP contribution >= 0.6 is 10.7 Å². The van der Waals surface area contributed by atoms with Crippen molar-refractivity contribution in [1.82, 2.24) is 4.31 Å². The van der Waals surface area contributed by atoms with Crippen LogP contribution in [0.5, 0.6) is 0 Å². The van der Waals surface area contributed by atoms with Crippen molar-refractivity contribution in [3.8, 4) is 0 Å². The Hall–Kier alpha value is -0.930. The molecule has 0 fully saturated rings. The maximum absolute atomic E-state index is 12.4. The second-order valence-electron chi connectivity index (χ2n) is 4.05. The first-order valence-electron chi connectivity index (χ1n) is 5.88. The minimum absolute atomic E-state index is 0.0236. The lowest BCUT2D eigenvalue weighted by atomic mass is 10.4. The van der Waals surface area contributed by atoms with Crippen LogP contribution in [0.4, 0.5) is 0 Å². The maximum Gasteiger partial charge on any atom is 0.261 e. The Morgan fingerprint density at radius 1 is 1.19 bits per heavy atom. The first kappa shape index (κ1) is 18.1. The highest BCUT2D eigenvalue weighted by Gasteiger charge is 2.23. The van der Waals surface area contributed by atoms with Crippen molar-refractivity contribution >= 4 is 29.8 Å². The number of rotatable bonds is 8. The largest absolute Gasteiger partial charge is 0.383 e. The molecule has 21 heavy (non-hydrogen) atoms. The summed E-state index contributed by atoms with van der Waals surface area (Å²) < 4.78 is 53.2. The van der Waals surface area contributed by atoms with Crippen LogP contribution in [-0.4, -0.2) is 47.9 Å². The molecular formula is C12H16ClNO5S2. The van der Waals surface area contributed by atoms with Gasteiger partial charge in [0.05, 0.1) is 16.4 Å². The molecule has 0 atom stereocenters. The van der Waals surface area contributed by atoms with Gasteiger partial charge in [-0.1, -0.05) is 6.08 Å². The number of nitrogens with zero attached hydrogens (tertiary/aromatic N) is 1. The van der Waals surface area contributed by atoms with Gasteiger partial charge in [-0.15, -0.1) is 6.58 Å². The van der Waals surface area contributed by atoms with Crippen molar-refractivity contribution in [2.75, 3.05) is 26.8 Å². The Morgan fingerprint density at radius 2 is 1.71 bits per heavy atom. The van der Waals surface area contributed by atoms with Gasteiger partial charge in [0.1, 0.15) is 0 Å². The summed E-state index contributed by atoms with van der Waals surface area (Å²) in [6.07, 6.45) is 1.46. The normalized spacial score (nSPS) is 12.5. The third-order valence-electron chi connectivity index (χ3n) is 2.62. The van der Waals surface area contributed by atoms with Crippen LogP contribution < -0.4 is 0 Å². The van der Waals surface area contributed by atoms with Gasteiger partial charge in [0.15, 0.2) is 0 Å². The van der Waals surface area contributed by atoms with Gasteiger partial charge in [-0.05, 0) is 24.3 Å². The highest BCUT2D eigenvalue weighted by Crippen LogP contribution is 2.20. The van der Waals surface area contributed by atoms with Crippen molar-refractivity contribution in [3.63, 3.8) is 0 Å². The lowest BCUT2D eigenvalue weighted by molar-refractivity contribution is 0.182. The predicted octanol–water partition coefficient (Wildman–Crippen LogP) is 1.44. The molecule has 1 aromatic rings. The summed E-state index contributed by atoms with van der Waals surface area (Å²) in [5.41, 5.74) is 0. The van der Waals surface area contributed by atoms with Crippen molar-refractivity contribution < 1.29 is 21.6 Å². The minimum Gasteiger partial charge on any atom is -0.383 e. The minimum atomic E-state index is -3.88. The van der Waals surface area contributed by atoms with Crippen LogP contribution in [0, 0.1) is 0 Å². The SMILES string of the molecule is C=CCN(CCOC)S(=O)(=O)c1ccc(S(=O)(=O)Cl)cc1. The number of halogens is 1. The first-order valence-corrected chi connectivity index (χ1v) is 9.63. The van der Waals surface area contributed by atoms with E-state index in [2.05, 4.69) is 6.58 Å². The molecule has 1 aromatic carbocycles. The van der Waals surface area contributed by atoms with Crippen molar-refractivity contribution in [1.29, 1.82) is 0 Å². The molecule has 1 rings (SSSR count). The van der Waals surface area contributed by atoms with Crippen LogP contribution in [0.15, 0.2) is 46.7 Å². The number of hydrogen-bond acceptors (Lipinski definition) is 5. The molecule has 0 aliphatic rings. The van der Waals surface area contributed by atoms with Crippen LogP contribution in [-0.2, 0) is 23.8 Å². The number of methoxy groups -OCH3 is 1. The van der Waals surface area contributed by atoms with Gasteiger partial charge in [0.2, 0.25) is 10.0 Å². The summed E-state index contributed by atoms with van der Waals surface area (Å²) in [5.74, 6) is 0. The number of sulfonamides is 1. The van der Waals surface area contributed by atoms with E-state index < -0.39 is 19.1 Å².